The summed E-state index contributed by atoms with van der Waals surface area (Å²) in [5, 5.41) is 5.65. The molecule has 15 rings (SSSR count). The molecule has 0 saturated heterocycles. The first-order valence-corrected chi connectivity index (χ1v) is 28.7. The minimum Gasteiger partial charge on any atom is -0.232 e. The van der Waals surface area contributed by atoms with Gasteiger partial charge in [-0.1, -0.05) is 165 Å². The van der Waals surface area contributed by atoms with Crippen molar-refractivity contribution in [1.82, 2.24) is 19.9 Å². The van der Waals surface area contributed by atoms with E-state index in [0.717, 1.165) is 34.3 Å². The SMILES string of the molecule is Cc1ccc(C2(c3ccc(C)cc3)c3cc4c(cc3-c3c2ccc2sc(-c5nc6scnc6s5)cc32)C(c2ccc(C)cc2)(c2ccc(C)cc2)c2ccc3sc(-c5nc6sc(C)nc6s5)cc3c2-4)cc1. The van der Waals surface area contributed by atoms with Gasteiger partial charge in [0.15, 0.2) is 19.3 Å². The van der Waals surface area contributed by atoms with Crippen LogP contribution in [0.4, 0.5) is 0 Å². The Morgan fingerprint density at radius 2 is 0.775 bits per heavy atom. The van der Waals surface area contributed by atoms with Gasteiger partial charge in [0.25, 0.3) is 0 Å². The normalized spacial score (nSPS) is 14.2. The third-order valence-corrected chi connectivity index (χ3v) is 21.4. The molecule has 0 spiro atoms. The standard InChI is InChI=1S/C61H40N4S6/c1-31-6-14-36(15-7-31)60(37-16-8-32(2)9-17-37)44-22-24-48-42(28-50(68-48)54-64-57-56(70-54)62-30-66-57)52(44)40-26-47-41(27-46(40)60)53-43-29-51(55-65-59-58(71-55)63-35(5)67-59)69-49(43)25-23-45(53)61(47,38-18-10-33(3)11-19-38)39-20-12-34(4)13-21-39/h6-30H,1-5H3. The van der Waals surface area contributed by atoms with Gasteiger partial charge in [-0.25, -0.2) is 19.9 Å². The molecule has 0 atom stereocenters. The van der Waals surface area contributed by atoms with Crippen LogP contribution in [0.25, 0.3) is 81.5 Å². The molecule has 2 aliphatic carbocycles. The maximum atomic E-state index is 5.18. The molecule has 13 aromatic rings. The highest BCUT2D eigenvalue weighted by atomic mass is 32.1. The third-order valence-electron chi connectivity index (χ3n) is 15.1. The van der Waals surface area contributed by atoms with E-state index in [1.54, 1.807) is 45.3 Å². The Morgan fingerprint density at radius 1 is 0.366 bits per heavy atom. The summed E-state index contributed by atoms with van der Waals surface area (Å²) >= 11 is 10.4. The predicted octanol–water partition coefficient (Wildman–Crippen LogP) is 17.9. The van der Waals surface area contributed by atoms with E-state index >= 15 is 0 Å². The van der Waals surface area contributed by atoms with Gasteiger partial charge >= 0.3 is 0 Å². The fourth-order valence-electron chi connectivity index (χ4n) is 11.9. The second-order valence-corrected chi connectivity index (χ2v) is 25.4. The van der Waals surface area contributed by atoms with Crippen molar-refractivity contribution in [2.45, 2.75) is 45.4 Å². The van der Waals surface area contributed by atoms with Crippen LogP contribution in [-0.4, -0.2) is 19.9 Å². The highest BCUT2D eigenvalue weighted by molar-refractivity contribution is 7.31. The van der Waals surface area contributed by atoms with Crippen LogP contribution in [0.5, 0.6) is 0 Å². The van der Waals surface area contributed by atoms with E-state index in [1.165, 1.54) is 119 Å². The van der Waals surface area contributed by atoms with Crippen molar-refractivity contribution in [3.05, 3.63) is 223 Å². The summed E-state index contributed by atoms with van der Waals surface area (Å²) in [4.78, 5) is 26.2. The van der Waals surface area contributed by atoms with Crippen molar-refractivity contribution < 1.29 is 0 Å². The molecule has 7 aromatic carbocycles. The number of fused-ring (bicyclic) bond motifs is 12. The quantitative estimate of drug-likeness (QED) is 0.167. The first kappa shape index (κ1) is 42.2. The lowest BCUT2D eigenvalue weighted by molar-refractivity contribution is 0.758. The molecule has 6 heterocycles. The number of hydrogen-bond acceptors (Lipinski definition) is 10. The van der Waals surface area contributed by atoms with Gasteiger partial charge in [-0.2, -0.15) is 0 Å². The minimum atomic E-state index is -0.630. The average Bonchev–Trinajstić information content (AvgIpc) is 4.25. The Balaban J connectivity index is 1.10. The summed E-state index contributed by atoms with van der Waals surface area (Å²) in [7, 11) is 0. The van der Waals surface area contributed by atoms with Crippen LogP contribution in [0.1, 0.15) is 71.8 Å². The zero-order valence-electron chi connectivity index (χ0n) is 39.2. The molecule has 0 N–H and O–H groups in total. The second kappa shape index (κ2) is 15.3. The maximum absolute atomic E-state index is 5.18. The Hall–Kier alpha value is -6.50. The topological polar surface area (TPSA) is 51.6 Å². The van der Waals surface area contributed by atoms with Gasteiger partial charge in [-0.3, -0.25) is 0 Å². The molecule has 0 bridgehead atoms. The molecule has 0 fully saturated rings. The number of aryl methyl sites for hydroxylation is 5. The van der Waals surface area contributed by atoms with Gasteiger partial charge < -0.3 is 0 Å². The fourth-order valence-corrected chi connectivity index (χ4v) is 17.8. The summed E-state index contributed by atoms with van der Waals surface area (Å²) in [5.74, 6) is 0. The highest BCUT2D eigenvalue weighted by Crippen LogP contribution is 2.65. The van der Waals surface area contributed by atoms with Crippen molar-refractivity contribution in [3.8, 4) is 42.0 Å². The molecule has 71 heavy (non-hydrogen) atoms. The summed E-state index contributed by atoms with van der Waals surface area (Å²) < 4.78 is 2.51. The maximum Gasteiger partial charge on any atom is 0.155 e. The van der Waals surface area contributed by atoms with Gasteiger partial charge in [0.1, 0.15) is 10.0 Å². The Bertz CT molecular complexity index is 4180. The van der Waals surface area contributed by atoms with Crippen LogP contribution in [0.3, 0.4) is 0 Å². The predicted molar refractivity (Wildman–Crippen MR) is 304 cm³/mol. The summed E-state index contributed by atoms with van der Waals surface area (Å²) in [5.41, 5.74) is 21.0. The highest BCUT2D eigenvalue weighted by Gasteiger charge is 2.52. The molecule has 0 saturated carbocycles. The first-order valence-electron chi connectivity index (χ1n) is 23.7. The van der Waals surface area contributed by atoms with Crippen LogP contribution in [0.2, 0.25) is 0 Å². The lowest BCUT2D eigenvalue weighted by atomic mass is 9.65. The van der Waals surface area contributed by atoms with E-state index in [4.69, 9.17) is 15.0 Å². The number of hydrogen-bond donors (Lipinski definition) is 0. The monoisotopic (exact) mass is 1020 g/mol. The lowest BCUT2D eigenvalue weighted by Gasteiger charge is -2.35. The lowest BCUT2D eigenvalue weighted by Crippen LogP contribution is -2.30. The summed E-state index contributed by atoms with van der Waals surface area (Å²) in [6, 6.07) is 57.2. The number of rotatable bonds is 6. The number of thiophene rings is 2. The van der Waals surface area contributed by atoms with Gasteiger partial charge in [0.05, 0.1) is 31.1 Å². The van der Waals surface area contributed by atoms with Gasteiger partial charge in [0.2, 0.25) is 0 Å². The number of thiazole rings is 4. The van der Waals surface area contributed by atoms with Crippen molar-refractivity contribution in [2.75, 3.05) is 0 Å². The van der Waals surface area contributed by atoms with E-state index in [-0.39, 0.29) is 0 Å². The van der Waals surface area contributed by atoms with Crippen molar-refractivity contribution in [2.24, 2.45) is 0 Å². The van der Waals surface area contributed by atoms with Gasteiger partial charge in [-0.05, 0) is 138 Å². The van der Waals surface area contributed by atoms with E-state index in [0.29, 0.717) is 0 Å². The zero-order chi connectivity index (χ0) is 47.5. The Kier molecular flexibility index (Phi) is 9.07. The van der Waals surface area contributed by atoms with Crippen molar-refractivity contribution >= 4 is 108 Å². The smallest absolute Gasteiger partial charge is 0.155 e. The average molecular weight is 1020 g/mol. The molecule has 4 nitrogen and oxygen atoms in total. The fraction of sp³-hybridized carbons (Fsp3) is 0.115. The zero-order valence-corrected chi connectivity index (χ0v) is 44.1. The molecule has 0 unspecified atom stereocenters. The van der Waals surface area contributed by atoms with E-state index < -0.39 is 10.8 Å². The van der Waals surface area contributed by atoms with Gasteiger partial charge in [0, 0.05) is 20.2 Å². The first-order chi connectivity index (χ1) is 34.6. The molecule has 0 radical (unpaired) electrons. The molecular formula is C61H40N4S6. The molecule has 6 aromatic heterocycles. The Morgan fingerprint density at radius 3 is 1.20 bits per heavy atom. The van der Waals surface area contributed by atoms with E-state index in [2.05, 4.69) is 185 Å². The molecule has 340 valence electrons. The number of nitrogens with zero attached hydrogens (tertiary/aromatic N) is 4. The summed E-state index contributed by atoms with van der Waals surface area (Å²) in [6.45, 7) is 10.8. The minimum absolute atomic E-state index is 0.629. The Labute approximate surface area is 434 Å². The molecule has 0 aliphatic heterocycles. The van der Waals surface area contributed by atoms with Crippen molar-refractivity contribution in [3.63, 3.8) is 0 Å². The van der Waals surface area contributed by atoms with E-state index in [9.17, 15) is 0 Å². The third kappa shape index (κ3) is 5.92. The molecule has 10 heteroatoms. The van der Waals surface area contributed by atoms with Crippen LogP contribution in [0.15, 0.2) is 151 Å². The van der Waals surface area contributed by atoms with Crippen LogP contribution < -0.4 is 0 Å². The van der Waals surface area contributed by atoms with Crippen molar-refractivity contribution in [1.29, 1.82) is 0 Å². The van der Waals surface area contributed by atoms with Crippen LogP contribution >= 0.6 is 68.0 Å². The van der Waals surface area contributed by atoms with E-state index in [1.807, 2.05) is 28.2 Å². The largest absolute Gasteiger partial charge is 0.232 e. The van der Waals surface area contributed by atoms with Crippen LogP contribution in [-0.2, 0) is 10.8 Å². The summed E-state index contributed by atoms with van der Waals surface area (Å²) in [6.07, 6.45) is 0. The van der Waals surface area contributed by atoms with Gasteiger partial charge in [-0.15, -0.1) is 34.0 Å². The molecule has 2 aliphatic rings. The molecule has 0 amide bonds. The number of benzene rings is 7. The second-order valence-electron chi connectivity index (χ2n) is 19.3. The van der Waals surface area contributed by atoms with Crippen LogP contribution in [0, 0.1) is 34.6 Å². The number of aromatic nitrogens is 4. The molecular weight excluding hydrogens is 981 g/mol.